The molecule has 24 heavy (non-hydrogen) atoms. The fourth-order valence-corrected chi connectivity index (χ4v) is 3.72. The SMILES string of the molecule is C[C@H](CNC(=O)C1(c2cccc(Cl)c2)CC1)CN1CCN(C)CC1. The Morgan fingerprint density at radius 1 is 1.29 bits per heavy atom. The van der Waals surface area contributed by atoms with Gasteiger partial charge in [0, 0.05) is 44.3 Å². The number of nitrogens with one attached hydrogen (secondary N) is 1. The smallest absolute Gasteiger partial charge is 0.230 e. The third-order valence-electron chi connectivity index (χ3n) is 5.34. The van der Waals surface area contributed by atoms with Crippen LogP contribution in [0.15, 0.2) is 24.3 Å². The first-order chi connectivity index (χ1) is 11.5. The average molecular weight is 350 g/mol. The topological polar surface area (TPSA) is 35.6 Å². The molecule has 132 valence electrons. The van der Waals surface area contributed by atoms with Crippen molar-refractivity contribution in [3.63, 3.8) is 0 Å². The van der Waals surface area contributed by atoms with Gasteiger partial charge in [0.05, 0.1) is 5.41 Å². The zero-order chi connectivity index (χ0) is 17.2. The van der Waals surface area contributed by atoms with E-state index in [1.54, 1.807) is 0 Å². The number of carbonyl (C=O) groups excluding carboxylic acids is 1. The minimum Gasteiger partial charge on any atom is -0.355 e. The van der Waals surface area contributed by atoms with Crippen LogP contribution in [0.25, 0.3) is 0 Å². The molecule has 1 aliphatic carbocycles. The second-order valence-corrected chi connectivity index (χ2v) is 7.95. The molecular weight excluding hydrogens is 322 g/mol. The van der Waals surface area contributed by atoms with E-state index < -0.39 is 0 Å². The third-order valence-corrected chi connectivity index (χ3v) is 5.57. The van der Waals surface area contributed by atoms with Gasteiger partial charge in [-0.25, -0.2) is 0 Å². The number of benzene rings is 1. The lowest BCUT2D eigenvalue weighted by atomic mass is 9.95. The fourth-order valence-electron chi connectivity index (χ4n) is 3.53. The van der Waals surface area contributed by atoms with Gasteiger partial charge in [-0.15, -0.1) is 0 Å². The summed E-state index contributed by atoms with van der Waals surface area (Å²) in [5.41, 5.74) is 0.720. The number of halogens is 1. The lowest BCUT2D eigenvalue weighted by Crippen LogP contribution is -2.47. The molecule has 1 aliphatic heterocycles. The maximum absolute atomic E-state index is 12.7. The van der Waals surface area contributed by atoms with E-state index in [4.69, 9.17) is 11.6 Å². The molecule has 4 nitrogen and oxygen atoms in total. The predicted octanol–water partition coefficient (Wildman–Crippen LogP) is 2.37. The first-order valence-corrected chi connectivity index (χ1v) is 9.33. The van der Waals surface area contributed by atoms with Crippen molar-refractivity contribution in [2.75, 3.05) is 46.3 Å². The van der Waals surface area contributed by atoms with E-state index in [2.05, 4.69) is 29.1 Å². The lowest BCUT2D eigenvalue weighted by molar-refractivity contribution is -0.123. The lowest BCUT2D eigenvalue weighted by Gasteiger charge is -2.34. The van der Waals surface area contributed by atoms with Gasteiger partial charge in [0.1, 0.15) is 0 Å². The van der Waals surface area contributed by atoms with Crippen molar-refractivity contribution < 1.29 is 4.79 Å². The zero-order valence-electron chi connectivity index (χ0n) is 14.7. The van der Waals surface area contributed by atoms with Crippen LogP contribution in [0.3, 0.4) is 0 Å². The number of likely N-dealkylation sites (N-methyl/N-ethyl adjacent to an activating group) is 1. The van der Waals surface area contributed by atoms with E-state index in [0.717, 1.165) is 57.7 Å². The van der Waals surface area contributed by atoms with Crippen molar-refractivity contribution in [2.45, 2.75) is 25.2 Å². The van der Waals surface area contributed by atoms with Crippen molar-refractivity contribution in [1.82, 2.24) is 15.1 Å². The Bertz CT molecular complexity index is 580. The normalized spacial score (nSPS) is 22.1. The van der Waals surface area contributed by atoms with Gasteiger partial charge in [-0.1, -0.05) is 30.7 Å². The van der Waals surface area contributed by atoms with Gasteiger partial charge in [-0.05, 0) is 43.5 Å². The monoisotopic (exact) mass is 349 g/mol. The number of piperazine rings is 1. The van der Waals surface area contributed by atoms with Crippen LogP contribution in [0.2, 0.25) is 5.02 Å². The number of hydrogen-bond donors (Lipinski definition) is 1. The van der Waals surface area contributed by atoms with Crippen LogP contribution in [-0.4, -0.2) is 62.0 Å². The Morgan fingerprint density at radius 2 is 2.00 bits per heavy atom. The second kappa shape index (κ2) is 7.42. The molecule has 1 N–H and O–H groups in total. The molecule has 3 rings (SSSR count). The van der Waals surface area contributed by atoms with Crippen LogP contribution < -0.4 is 5.32 Å². The Kier molecular flexibility index (Phi) is 5.48. The first kappa shape index (κ1) is 17.7. The minimum atomic E-state index is -0.335. The molecule has 0 unspecified atom stereocenters. The molecule has 0 radical (unpaired) electrons. The maximum Gasteiger partial charge on any atom is 0.230 e. The van der Waals surface area contributed by atoms with Gasteiger partial charge in [0.25, 0.3) is 0 Å². The standard InChI is InChI=1S/C19H28ClN3O/c1-15(14-23-10-8-22(2)9-11-23)13-21-18(24)19(6-7-19)16-4-3-5-17(20)12-16/h3-5,12,15H,6-11,13-14H2,1-2H3,(H,21,24)/t15-/m1/s1. The summed E-state index contributed by atoms with van der Waals surface area (Å²) < 4.78 is 0. The summed E-state index contributed by atoms with van der Waals surface area (Å²) in [6.45, 7) is 8.54. The second-order valence-electron chi connectivity index (χ2n) is 7.51. The van der Waals surface area contributed by atoms with E-state index in [0.29, 0.717) is 10.9 Å². The average Bonchev–Trinajstić information content (AvgIpc) is 3.37. The number of hydrogen-bond acceptors (Lipinski definition) is 3. The van der Waals surface area contributed by atoms with Crippen molar-refractivity contribution >= 4 is 17.5 Å². The molecular formula is C19H28ClN3O. The molecule has 1 aromatic rings. The predicted molar refractivity (Wildman–Crippen MR) is 98.5 cm³/mol. The number of carbonyl (C=O) groups is 1. The van der Waals surface area contributed by atoms with Gasteiger partial charge in [-0.2, -0.15) is 0 Å². The molecule has 0 spiro atoms. The van der Waals surface area contributed by atoms with Crippen molar-refractivity contribution in [3.05, 3.63) is 34.9 Å². The van der Waals surface area contributed by atoms with E-state index in [9.17, 15) is 4.79 Å². The van der Waals surface area contributed by atoms with Crippen LogP contribution in [0.5, 0.6) is 0 Å². The summed E-state index contributed by atoms with van der Waals surface area (Å²) >= 11 is 6.09. The molecule has 1 saturated carbocycles. The maximum atomic E-state index is 12.7. The molecule has 0 aromatic heterocycles. The van der Waals surface area contributed by atoms with Crippen LogP contribution in [0, 0.1) is 5.92 Å². The summed E-state index contributed by atoms with van der Waals surface area (Å²) in [4.78, 5) is 17.6. The molecule has 5 heteroatoms. The Labute approximate surface area is 150 Å². The Morgan fingerprint density at radius 3 is 2.62 bits per heavy atom. The molecule has 1 saturated heterocycles. The van der Waals surface area contributed by atoms with Crippen molar-refractivity contribution in [1.29, 1.82) is 0 Å². The van der Waals surface area contributed by atoms with Crippen LogP contribution in [0.4, 0.5) is 0 Å². The van der Waals surface area contributed by atoms with E-state index in [-0.39, 0.29) is 11.3 Å². The summed E-state index contributed by atoms with van der Waals surface area (Å²) in [5, 5.41) is 3.89. The molecule has 0 bridgehead atoms. The molecule has 1 atom stereocenters. The molecule has 2 aliphatic rings. The molecule has 2 fully saturated rings. The van der Waals surface area contributed by atoms with Crippen molar-refractivity contribution in [2.24, 2.45) is 5.92 Å². The fraction of sp³-hybridized carbons (Fsp3) is 0.632. The largest absolute Gasteiger partial charge is 0.355 e. The molecule has 1 aromatic carbocycles. The molecule has 1 amide bonds. The minimum absolute atomic E-state index is 0.162. The first-order valence-electron chi connectivity index (χ1n) is 8.95. The highest BCUT2D eigenvalue weighted by molar-refractivity contribution is 6.30. The summed E-state index contributed by atoms with van der Waals surface area (Å²) in [5.74, 6) is 0.627. The van der Waals surface area contributed by atoms with Crippen LogP contribution >= 0.6 is 11.6 Å². The third kappa shape index (κ3) is 4.11. The van der Waals surface area contributed by atoms with Crippen LogP contribution in [-0.2, 0) is 10.2 Å². The van der Waals surface area contributed by atoms with E-state index >= 15 is 0 Å². The number of nitrogens with zero attached hydrogens (tertiary/aromatic N) is 2. The van der Waals surface area contributed by atoms with Gasteiger partial charge in [0.2, 0.25) is 5.91 Å². The highest BCUT2D eigenvalue weighted by atomic mass is 35.5. The highest BCUT2D eigenvalue weighted by Crippen LogP contribution is 2.48. The van der Waals surface area contributed by atoms with Gasteiger partial charge >= 0.3 is 0 Å². The highest BCUT2D eigenvalue weighted by Gasteiger charge is 2.51. The number of rotatable bonds is 6. The quantitative estimate of drug-likeness (QED) is 0.856. The molecule has 1 heterocycles. The zero-order valence-corrected chi connectivity index (χ0v) is 15.5. The van der Waals surface area contributed by atoms with E-state index in [1.165, 1.54) is 0 Å². The number of amides is 1. The summed E-state index contributed by atoms with van der Waals surface area (Å²) in [7, 11) is 2.17. The van der Waals surface area contributed by atoms with Gasteiger partial charge in [0.15, 0.2) is 0 Å². The van der Waals surface area contributed by atoms with Crippen LogP contribution in [0.1, 0.15) is 25.3 Å². The van der Waals surface area contributed by atoms with Crippen molar-refractivity contribution in [3.8, 4) is 0 Å². The van der Waals surface area contributed by atoms with Gasteiger partial charge in [-0.3, -0.25) is 4.79 Å². The Hall–Kier alpha value is -1.10. The van der Waals surface area contributed by atoms with Gasteiger partial charge < -0.3 is 15.1 Å². The summed E-state index contributed by atoms with van der Waals surface area (Å²) in [6.07, 6.45) is 1.85. The summed E-state index contributed by atoms with van der Waals surface area (Å²) in [6, 6.07) is 7.74. The van der Waals surface area contributed by atoms with E-state index in [1.807, 2.05) is 24.3 Å². The Balaban J connectivity index is 1.48.